The highest BCUT2D eigenvalue weighted by atomic mass is 35.5. The van der Waals surface area contributed by atoms with E-state index in [1.807, 2.05) is 12.1 Å². The van der Waals surface area contributed by atoms with Gasteiger partial charge in [0, 0.05) is 6.42 Å². The number of hydrogen-bond donors (Lipinski definition) is 1. The predicted molar refractivity (Wildman–Crippen MR) is 68.0 cm³/mol. The van der Waals surface area contributed by atoms with Crippen molar-refractivity contribution in [2.45, 2.75) is 18.9 Å². The van der Waals surface area contributed by atoms with Gasteiger partial charge in [0.1, 0.15) is 5.56 Å². The lowest BCUT2D eigenvalue weighted by Gasteiger charge is -1.89. The van der Waals surface area contributed by atoms with Crippen LogP contribution >= 0.6 is 22.9 Å². The largest absolute Gasteiger partial charge is 0.377 e. The second-order valence-corrected chi connectivity index (χ2v) is 4.32. The van der Waals surface area contributed by atoms with E-state index in [-0.39, 0.29) is 6.42 Å². The molecule has 0 aromatic carbocycles. The molecule has 1 N–H and O–H groups in total. The van der Waals surface area contributed by atoms with E-state index in [1.54, 1.807) is 6.92 Å². The SMILES string of the molecule is CC#CC#Cc1ccc(C#CCC(O)Cl)s1. The van der Waals surface area contributed by atoms with Crippen LogP contribution in [0.4, 0.5) is 0 Å². The summed E-state index contributed by atoms with van der Waals surface area (Å²) in [5.41, 5.74) is -0.897. The van der Waals surface area contributed by atoms with E-state index < -0.39 is 5.56 Å². The second kappa shape index (κ2) is 7.00. The summed E-state index contributed by atoms with van der Waals surface area (Å²) in [6.45, 7) is 1.75. The first-order valence-electron chi connectivity index (χ1n) is 4.56. The standard InChI is InChI=1S/C13H9ClOS/c1-2-3-4-6-11-9-10-12(16-11)7-5-8-13(14)15/h9-10,13,15H,8H2,1H3. The maximum atomic E-state index is 8.81. The molecule has 1 unspecified atom stereocenters. The summed E-state index contributed by atoms with van der Waals surface area (Å²) in [6.07, 6.45) is 0.266. The maximum absolute atomic E-state index is 8.81. The molecule has 0 saturated carbocycles. The van der Waals surface area contributed by atoms with Crippen molar-refractivity contribution in [3.63, 3.8) is 0 Å². The zero-order valence-corrected chi connectivity index (χ0v) is 10.2. The van der Waals surface area contributed by atoms with E-state index in [1.165, 1.54) is 11.3 Å². The van der Waals surface area contributed by atoms with Crippen molar-refractivity contribution in [2.24, 2.45) is 0 Å². The lowest BCUT2D eigenvalue weighted by molar-refractivity contribution is 0.262. The van der Waals surface area contributed by atoms with Gasteiger partial charge in [-0.2, -0.15) is 0 Å². The fourth-order valence-corrected chi connectivity index (χ4v) is 1.66. The monoisotopic (exact) mass is 248 g/mol. The number of thiophene rings is 1. The predicted octanol–water partition coefficient (Wildman–Crippen LogP) is 2.42. The van der Waals surface area contributed by atoms with Gasteiger partial charge in [-0.15, -0.1) is 11.3 Å². The van der Waals surface area contributed by atoms with Crippen molar-refractivity contribution in [3.05, 3.63) is 21.9 Å². The molecule has 1 aromatic heterocycles. The Hall–Kier alpha value is -1.37. The molecule has 0 radical (unpaired) electrons. The summed E-state index contributed by atoms with van der Waals surface area (Å²) >= 11 is 6.85. The van der Waals surface area contributed by atoms with Gasteiger partial charge in [0.25, 0.3) is 0 Å². The van der Waals surface area contributed by atoms with Gasteiger partial charge in [-0.25, -0.2) is 0 Å². The molecular formula is C13H9ClOS. The van der Waals surface area contributed by atoms with Gasteiger partial charge >= 0.3 is 0 Å². The normalized spacial score (nSPS) is 9.94. The average Bonchev–Trinajstić information content (AvgIpc) is 2.66. The van der Waals surface area contributed by atoms with Crippen LogP contribution in [0.1, 0.15) is 23.1 Å². The van der Waals surface area contributed by atoms with Gasteiger partial charge in [0.2, 0.25) is 0 Å². The molecule has 16 heavy (non-hydrogen) atoms. The molecular weight excluding hydrogens is 240 g/mol. The minimum Gasteiger partial charge on any atom is -0.377 e. The van der Waals surface area contributed by atoms with Gasteiger partial charge in [0.05, 0.1) is 9.75 Å². The average molecular weight is 249 g/mol. The number of halogens is 1. The van der Waals surface area contributed by atoms with Crippen LogP contribution in [0.2, 0.25) is 0 Å². The van der Waals surface area contributed by atoms with E-state index in [0.29, 0.717) is 0 Å². The minimum absolute atomic E-state index is 0.266. The Kier molecular flexibility index (Phi) is 5.55. The van der Waals surface area contributed by atoms with Crippen molar-refractivity contribution >= 4 is 22.9 Å². The number of aliphatic hydroxyl groups excluding tert-OH is 1. The molecule has 0 aliphatic carbocycles. The molecule has 0 spiro atoms. The van der Waals surface area contributed by atoms with Gasteiger partial charge in [-0.3, -0.25) is 0 Å². The first-order chi connectivity index (χ1) is 7.72. The molecule has 1 nitrogen and oxygen atoms in total. The molecule has 0 aliphatic heterocycles. The Morgan fingerprint density at radius 2 is 2.00 bits per heavy atom. The number of hydrogen-bond acceptors (Lipinski definition) is 2. The van der Waals surface area contributed by atoms with E-state index in [9.17, 15) is 0 Å². The van der Waals surface area contributed by atoms with Crippen LogP contribution in [0.15, 0.2) is 12.1 Å². The van der Waals surface area contributed by atoms with Gasteiger partial charge in [-0.05, 0) is 36.8 Å². The summed E-state index contributed by atoms with van der Waals surface area (Å²) in [5, 5.41) is 8.81. The number of rotatable bonds is 1. The number of alkyl halides is 1. The second-order valence-electron chi connectivity index (χ2n) is 2.73. The fraction of sp³-hybridized carbons (Fsp3) is 0.231. The molecule has 0 bridgehead atoms. The fourth-order valence-electron chi connectivity index (χ4n) is 0.850. The Balaban J connectivity index is 2.67. The Morgan fingerprint density at radius 1 is 1.31 bits per heavy atom. The smallest absolute Gasteiger partial charge is 0.138 e. The first kappa shape index (κ1) is 12.7. The summed E-state index contributed by atoms with van der Waals surface area (Å²) in [7, 11) is 0. The zero-order chi connectivity index (χ0) is 11.8. The third-order valence-electron chi connectivity index (χ3n) is 1.46. The lowest BCUT2D eigenvalue weighted by Crippen LogP contribution is -1.90. The van der Waals surface area contributed by atoms with Crippen LogP contribution in [0.5, 0.6) is 0 Å². The molecule has 1 atom stereocenters. The van der Waals surface area contributed by atoms with Crippen molar-refractivity contribution in [1.82, 2.24) is 0 Å². The zero-order valence-electron chi connectivity index (χ0n) is 8.67. The molecule has 0 fully saturated rings. The molecule has 0 saturated heterocycles. The molecule has 1 rings (SSSR count). The Morgan fingerprint density at radius 3 is 2.62 bits per heavy atom. The highest BCUT2D eigenvalue weighted by Gasteiger charge is 1.94. The van der Waals surface area contributed by atoms with Gasteiger partial charge < -0.3 is 5.11 Å². The Labute approximate surface area is 104 Å². The van der Waals surface area contributed by atoms with Crippen LogP contribution < -0.4 is 0 Å². The summed E-state index contributed by atoms with van der Waals surface area (Å²) in [6, 6.07) is 3.79. The summed E-state index contributed by atoms with van der Waals surface area (Å²) < 4.78 is 0. The van der Waals surface area contributed by atoms with Crippen LogP contribution in [-0.2, 0) is 0 Å². The molecule has 1 aromatic rings. The minimum atomic E-state index is -0.897. The van der Waals surface area contributed by atoms with Gasteiger partial charge in [0.15, 0.2) is 0 Å². The van der Waals surface area contributed by atoms with Crippen LogP contribution in [0.25, 0.3) is 0 Å². The van der Waals surface area contributed by atoms with Gasteiger partial charge in [-0.1, -0.05) is 29.4 Å². The topological polar surface area (TPSA) is 20.2 Å². The highest BCUT2D eigenvalue weighted by molar-refractivity contribution is 7.13. The molecule has 0 amide bonds. The van der Waals surface area contributed by atoms with E-state index in [2.05, 4.69) is 35.5 Å². The molecule has 80 valence electrons. The summed E-state index contributed by atoms with van der Waals surface area (Å²) in [5.74, 6) is 16.7. The third kappa shape index (κ3) is 4.92. The quantitative estimate of drug-likeness (QED) is 0.598. The first-order valence-corrected chi connectivity index (χ1v) is 5.81. The van der Waals surface area contributed by atoms with Crippen molar-refractivity contribution < 1.29 is 5.11 Å². The van der Waals surface area contributed by atoms with Crippen molar-refractivity contribution in [3.8, 4) is 35.5 Å². The molecule has 1 heterocycles. The lowest BCUT2D eigenvalue weighted by atomic mass is 10.4. The van der Waals surface area contributed by atoms with E-state index in [4.69, 9.17) is 16.7 Å². The Bertz CT molecular complexity index is 523. The van der Waals surface area contributed by atoms with Crippen LogP contribution in [0.3, 0.4) is 0 Å². The van der Waals surface area contributed by atoms with Crippen molar-refractivity contribution in [1.29, 1.82) is 0 Å². The van der Waals surface area contributed by atoms with Crippen LogP contribution in [-0.4, -0.2) is 10.7 Å². The third-order valence-corrected chi connectivity index (χ3v) is 2.53. The molecule has 3 heteroatoms. The van der Waals surface area contributed by atoms with Crippen LogP contribution in [0, 0.1) is 35.5 Å². The van der Waals surface area contributed by atoms with E-state index >= 15 is 0 Å². The van der Waals surface area contributed by atoms with E-state index in [0.717, 1.165) is 9.75 Å². The number of aliphatic hydroxyl groups is 1. The highest BCUT2D eigenvalue weighted by Crippen LogP contribution is 2.13. The maximum Gasteiger partial charge on any atom is 0.138 e. The summed E-state index contributed by atoms with van der Waals surface area (Å²) in [4.78, 5) is 1.84. The van der Waals surface area contributed by atoms with Crippen molar-refractivity contribution in [2.75, 3.05) is 0 Å². The molecule has 0 aliphatic rings.